The van der Waals surface area contributed by atoms with Gasteiger partial charge < -0.3 is 4.72 Å². The van der Waals surface area contributed by atoms with Gasteiger partial charge in [0, 0.05) is 12.4 Å². The van der Waals surface area contributed by atoms with Crippen LogP contribution in [0.4, 0.5) is 5.82 Å². The van der Waals surface area contributed by atoms with Gasteiger partial charge in [0.1, 0.15) is 18.5 Å². The molecule has 3 heterocycles. The predicted molar refractivity (Wildman–Crippen MR) is 52.5 cm³/mol. The zero-order chi connectivity index (χ0) is 9.38. The molecule has 3 rings (SSSR count). The first-order valence-electron chi connectivity index (χ1n) is 3.98. The molecule has 0 bridgehead atoms. The fraction of sp³-hybridized carbons (Fsp3) is 0. The second-order valence-electron chi connectivity index (χ2n) is 2.72. The van der Waals surface area contributed by atoms with Gasteiger partial charge in [0.15, 0.2) is 0 Å². The first-order chi connectivity index (χ1) is 6.95. The third-order valence-corrected chi connectivity index (χ3v) is 2.72. The standard InChI is InChI=1S/C8H5N5S/c1-5-7-6(2-10-3-11-7)14-13-8(5)12-4-9-1/h1-4H,(H,9,12,13). The van der Waals surface area contributed by atoms with Gasteiger partial charge in [-0.25, -0.2) is 19.9 Å². The summed E-state index contributed by atoms with van der Waals surface area (Å²) in [4.78, 5) is 17.3. The van der Waals surface area contributed by atoms with Gasteiger partial charge in [-0.1, -0.05) is 0 Å². The summed E-state index contributed by atoms with van der Waals surface area (Å²) in [5.41, 5.74) is 1.81. The van der Waals surface area contributed by atoms with Crippen LogP contribution in [0, 0.1) is 0 Å². The normalized spacial score (nSPS) is 12.6. The molecule has 0 unspecified atom stereocenters. The van der Waals surface area contributed by atoms with E-state index >= 15 is 0 Å². The molecule has 1 N–H and O–H groups in total. The quantitative estimate of drug-likeness (QED) is 0.652. The highest BCUT2D eigenvalue weighted by atomic mass is 32.2. The molecular formula is C8H5N5S. The molecular weight excluding hydrogens is 198 g/mol. The Bertz CT molecular complexity index is 441. The van der Waals surface area contributed by atoms with Crippen LogP contribution >= 0.6 is 11.9 Å². The smallest absolute Gasteiger partial charge is 0.149 e. The molecule has 0 amide bonds. The number of rotatable bonds is 0. The average Bonchev–Trinajstić information content (AvgIpc) is 2.29. The van der Waals surface area contributed by atoms with Crippen molar-refractivity contribution < 1.29 is 0 Å². The highest BCUT2D eigenvalue weighted by molar-refractivity contribution is 8.00. The van der Waals surface area contributed by atoms with Crippen LogP contribution < -0.4 is 4.72 Å². The lowest BCUT2D eigenvalue weighted by molar-refractivity contribution is 1.08. The molecule has 2 aromatic heterocycles. The Labute approximate surface area is 84.2 Å². The lowest BCUT2D eigenvalue weighted by Crippen LogP contribution is -2.03. The Kier molecular flexibility index (Phi) is 1.60. The van der Waals surface area contributed by atoms with Gasteiger partial charge in [-0.3, -0.25) is 0 Å². The predicted octanol–water partition coefficient (Wildman–Crippen LogP) is 1.37. The summed E-state index contributed by atoms with van der Waals surface area (Å²) >= 11 is 1.47. The van der Waals surface area contributed by atoms with Crippen LogP contribution in [0.5, 0.6) is 0 Å². The van der Waals surface area contributed by atoms with Crippen LogP contribution in [0.1, 0.15) is 0 Å². The minimum absolute atomic E-state index is 0.802. The molecule has 0 fully saturated rings. The Morgan fingerprint density at radius 3 is 2.93 bits per heavy atom. The van der Waals surface area contributed by atoms with Crippen LogP contribution in [0.2, 0.25) is 0 Å². The summed E-state index contributed by atoms with van der Waals surface area (Å²) in [5.74, 6) is 0.802. The molecule has 0 aliphatic carbocycles. The zero-order valence-electron chi connectivity index (χ0n) is 7.01. The minimum Gasteiger partial charge on any atom is -0.309 e. The summed E-state index contributed by atoms with van der Waals surface area (Å²) in [6, 6.07) is 0. The first kappa shape index (κ1) is 7.69. The molecule has 0 spiro atoms. The van der Waals surface area contributed by atoms with Gasteiger partial charge in [0.25, 0.3) is 0 Å². The van der Waals surface area contributed by atoms with Gasteiger partial charge in [0.05, 0.1) is 16.2 Å². The second-order valence-corrected chi connectivity index (χ2v) is 3.57. The Hall–Kier alpha value is -1.69. The van der Waals surface area contributed by atoms with E-state index < -0.39 is 0 Å². The summed E-state index contributed by atoms with van der Waals surface area (Å²) in [6.07, 6.45) is 6.57. The maximum absolute atomic E-state index is 4.21. The van der Waals surface area contributed by atoms with Crippen LogP contribution in [-0.4, -0.2) is 19.9 Å². The number of nitrogens with zero attached hydrogens (tertiary/aromatic N) is 4. The lowest BCUT2D eigenvalue weighted by Gasteiger charge is -2.16. The van der Waals surface area contributed by atoms with E-state index in [1.165, 1.54) is 24.6 Å². The molecule has 1 aliphatic rings. The molecule has 2 aromatic rings. The molecule has 0 radical (unpaired) electrons. The van der Waals surface area contributed by atoms with Crippen LogP contribution in [0.3, 0.4) is 0 Å². The summed E-state index contributed by atoms with van der Waals surface area (Å²) in [5, 5.41) is 0. The first-order valence-corrected chi connectivity index (χ1v) is 4.80. The third-order valence-electron chi connectivity index (χ3n) is 1.90. The highest BCUT2D eigenvalue weighted by Gasteiger charge is 2.18. The molecule has 68 valence electrons. The topological polar surface area (TPSA) is 63.6 Å². The average molecular weight is 203 g/mol. The van der Waals surface area contributed by atoms with Crippen LogP contribution in [-0.2, 0) is 0 Å². The van der Waals surface area contributed by atoms with Crippen molar-refractivity contribution >= 4 is 17.8 Å². The van der Waals surface area contributed by atoms with Gasteiger partial charge in [-0.05, 0) is 11.9 Å². The van der Waals surface area contributed by atoms with E-state index in [2.05, 4.69) is 24.7 Å². The second kappa shape index (κ2) is 2.91. The van der Waals surface area contributed by atoms with Crippen LogP contribution in [0.15, 0.2) is 29.9 Å². The molecule has 14 heavy (non-hydrogen) atoms. The van der Waals surface area contributed by atoms with Crippen LogP contribution in [0.25, 0.3) is 11.3 Å². The maximum Gasteiger partial charge on any atom is 0.149 e. The Morgan fingerprint density at radius 1 is 1.07 bits per heavy atom. The molecule has 1 aliphatic heterocycles. The van der Waals surface area contributed by atoms with E-state index in [9.17, 15) is 0 Å². The van der Waals surface area contributed by atoms with Crippen molar-refractivity contribution in [2.75, 3.05) is 4.72 Å². The van der Waals surface area contributed by atoms with Crippen molar-refractivity contribution in [1.29, 1.82) is 0 Å². The van der Waals surface area contributed by atoms with E-state index in [1.807, 2.05) is 0 Å². The number of hydrogen-bond donors (Lipinski definition) is 1. The fourth-order valence-corrected chi connectivity index (χ4v) is 2.02. The monoisotopic (exact) mass is 203 g/mol. The number of fused-ring (bicyclic) bond motifs is 3. The molecule has 0 saturated carbocycles. The van der Waals surface area contributed by atoms with Gasteiger partial charge >= 0.3 is 0 Å². The number of hydrogen-bond acceptors (Lipinski definition) is 6. The van der Waals surface area contributed by atoms with Crippen molar-refractivity contribution in [2.24, 2.45) is 0 Å². The van der Waals surface area contributed by atoms with E-state index in [-0.39, 0.29) is 0 Å². The van der Waals surface area contributed by atoms with Crippen molar-refractivity contribution in [3.05, 3.63) is 25.0 Å². The molecule has 0 aromatic carbocycles. The maximum atomic E-state index is 4.21. The SMILES string of the molecule is c1ncc2c(n1)NSc1cncnc1-2. The Balaban J connectivity index is 2.29. The lowest BCUT2D eigenvalue weighted by atomic mass is 10.2. The molecule has 0 saturated heterocycles. The largest absolute Gasteiger partial charge is 0.309 e. The number of nitrogens with one attached hydrogen (secondary N) is 1. The van der Waals surface area contributed by atoms with Crippen molar-refractivity contribution in [1.82, 2.24) is 19.9 Å². The van der Waals surface area contributed by atoms with E-state index in [0.717, 1.165) is 22.0 Å². The van der Waals surface area contributed by atoms with Gasteiger partial charge in [-0.2, -0.15) is 0 Å². The minimum atomic E-state index is 0.802. The summed E-state index contributed by atoms with van der Waals surface area (Å²) < 4.78 is 3.10. The number of anilines is 1. The van der Waals surface area contributed by atoms with E-state index in [0.29, 0.717) is 0 Å². The van der Waals surface area contributed by atoms with Crippen molar-refractivity contribution in [3.63, 3.8) is 0 Å². The Morgan fingerprint density at radius 2 is 1.93 bits per heavy atom. The van der Waals surface area contributed by atoms with Crippen molar-refractivity contribution in [2.45, 2.75) is 4.90 Å². The number of aromatic nitrogens is 4. The third kappa shape index (κ3) is 1.04. The summed E-state index contributed by atoms with van der Waals surface area (Å²) in [6.45, 7) is 0. The molecule has 6 heteroatoms. The summed E-state index contributed by atoms with van der Waals surface area (Å²) in [7, 11) is 0. The van der Waals surface area contributed by atoms with Gasteiger partial charge in [0.2, 0.25) is 0 Å². The molecule has 0 atom stereocenters. The van der Waals surface area contributed by atoms with E-state index in [4.69, 9.17) is 0 Å². The molecule has 5 nitrogen and oxygen atoms in total. The highest BCUT2D eigenvalue weighted by Crippen LogP contribution is 2.37. The zero-order valence-corrected chi connectivity index (χ0v) is 7.82. The van der Waals surface area contributed by atoms with Gasteiger partial charge in [-0.15, -0.1) is 0 Å². The van der Waals surface area contributed by atoms with Crippen molar-refractivity contribution in [3.8, 4) is 11.3 Å². The van der Waals surface area contributed by atoms with E-state index in [1.54, 1.807) is 12.4 Å². The fourth-order valence-electron chi connectivity index (χ4n) is 1.28.